The molecule has 1 N–H and O–H groups in total. The summed E-state index contributed by atoms with van der Waals surface area (Å²) in [4.78, 5) is 19.1. The summed E-state index contributed by atoms with van der Waals surface area (Å²) in [6.07, 6.45) is 3.69. The molecular weight excluding hydrogens is 492 g/mol. The Morgan fingerprint density at radius 1 is 1.08 bits per heavy atom. The minimum atomic E-state index is -0.540. The lowest BCUT2D eigenvalue weighted by molar-refractivity contribution is 0.0901. The Morgan fingerprint density at radius 3 is 2.69 bits per heavy atom. The van der Waals surface area contributed by atoms with E-state index in [4.69, 9.17) is 9.15 Å². The summed E-state index contributed by atoms with van der Waals surface area (Å²) >= 11 is 0. The molecule has 4 heterocycles. The van der Waals surface area contributed by atoms with Gasteiger partial charge in [-0.05, 0) is 89.5 Å². The third-order valence-electron chi connectivity index (χ3n) is 7.52. The lowest BCUT2D eigenvalue weighted by Gasteiger charge is -2.30. The topological polar surface area (TPSA) is 102 Å². The molecule has 0 saturated carbocycles. The number of aryl methyl sites for hydroxylation is 2. The minimum absolute atomic E-state index is 0.0426. The predicted molar refractivity (Wildman–Crippen MR) is 147 cm³/mol. The molecule has 1 aliphatic heterocycles. The number of hydrogen-bond acceptors (Lipinski definition) is 7. The average molecular weight is 525 g/mol. The molecule has 0 amide bonds. The second-order valence-corrected chi connectivity index (χ2v) is 10.3. The van der Waals surface area contributed by atoms with Gasteiger partial charge in [-0.25, -0.2) is 4.68 Å². The van der Waals surface area contributed by atoms with Crippen molar-refractivity contribution in [1.29, 1.82) is 0 Å². The first-order valence-corrected chi connectivity index (χ1v) is 13.4. The van der Waals surface area contributed by atoms with E-state index in [1.807, 2.05) is 49.4 Å². The summed E-state index contributed by atoms with van der Waals surface area (Å²) in [6, 6.07) is 19.6. The van der Waals surface area contributed by atoms with Crippen LogP contribution in [0.3, 0.4) is 0 Å². The Kier molecular flexibility index (Phi) is 7.08. The normalized spacial score (nSPS) is 16.3. The van der Waals surface area contributed by atoms with Crippen LogP contribution in [0.5, 0.6) is 0 Å². The molecule has 5 aromatic rings. The van der Waals surface area contributed by atoms with Crippen molar-refractivity contribution < 1.29 is 9.15 Å². The van der Waals surface area contributed by atoms with Crippen LogP contribution in [0.2, 0.25) is 0 Å². The van der Waals surface area contributed by atoms with E-state index >= 15 is 0 Å². The molecule has 3 aromatic heterocycles. The van der Waals surface area contributed by atoms with Crippen LogP contribution in [0.1, 0.15) is 52.7 Å². The van der Waals surface area contributed by atoms with E-state index in [1.165, 1.54) is 0 Å². The van der Waals surface area contributed by atoms with E-state index in [2.05, 4.69) is 50.5 Å². The van der Waals surface area contributed by atoms with Gasteiger partial charge in [0.1, 0.15) is 11.8 Å². The molecule has 1 fully saturated rings. The molecule has 39 heavy (non-hydrogen) atoms. The van der Waals surface area contributed by atoms with E-state index < -0.39 is 6.04 Å². The highest BCUT2D eigenvalue weighted by Crippen LogP contribution is 2.31. The van der Waals surface area contributed by atoms with Crippen LogP contribution in [-0.4, -0.2) is 42.8 Å². The van der Waals surface area contributed by atoms with Crippen LogP contribution >= 0.6 is 0 Å². The van der Waals surface area contributed by atoms with Crippen LogP contribution in [0.4, 0.5) is 0 Å². The number of ether oxygens (including phenoxy) is 1. The van der Waals surface area contributed by atoms with Gasteiger partial charge in [-0.2, -0.15) is 0 Å². The highest BCUT2D eigenvalue weighted by atomic mass is 16.5. The Balaban J connectivity index is 1.51. The Hall–Kier alpha value is -4.08. The largest absolute Gasteiger partial charge is 0.468 e. The highest BCUT2D eigenvalue weighted by Gasteiger charge is 2.32. The number of H-pyrrole nitrogens is 1. The molecule has 0 aliphatic carbocycles. The van der Waals surface area contributed by atoms with E-state index in [0.717, 1.165) is 52.8 Å². The zero-order valence-electron chi connectivity index (χ0n) is 22.2. The number of nitrogens with one attached hydrogen (secondary N) is 1. The number of furan rings is 1. The molecule has 9 heteroatoms. The molecule has 200 valence electrons. The number of benzene rings is 2. The monoisotopic (exact) mass is 524 g/mol. The summed E-state index contributed by atoms with van der Waals surface area (Å²) in [5.74, 6) is 1.39. The first-order valence-electron chi connectivity index (χ1n) is 13.4. The smallest absolute Gasteiger partial charge is 0.253 e. The summed E-state index contributed by atoms with van der Waals surface area (Å²) in [6.45, 7) is 6.43. The summed E-state index contributed by atoms with van der Waals surface area (Å²) in [7, 11) is 0. The lowest BCUT2D eigenvalue weighted by atomic mass is 10.00. The molecule has 2 atom stereocenters. The van der Waals surface area contributed by atoms with Crippen molar-refractivity contribution in [2.24, 2.45) is 0 Å². The molecule has 2 aromatic carbocycles. The van der Waals surface area contributed by atoms with E-state index in [1.54, 1.807) is 10.9 Å². The van der Waals surface area contributed by atoms with Gasteiger partial charge in [0, 0.05) is 24.2 Å². The molecule has 9 nitrogen and oxygen atoms in total. The molecule has 1 saturated heterocycles. The average Bonchev–Trinajstić information content (AvgIpc) is 3.71. The summed E-state index contributed by atoms with van der Waals surface area (Å²) < 4.78 is 13.5. The zero-order valence-corrected chi connectivity index (χ0v) is 22.2. The first kappa shape index (κ1) is 25.2. The van der Waals surface area contributed by atoms with Crippen LogP contribution in [-0.2, 0) is 24.4 Å². The fraction of sp³-hybridized carbons (Fsp3) is 0.333. The number of fused-ring (bicyclic) bond motifs is 1. The van der Waals surface area contributed by atoms with Crippen molar-refractivity contribution in [3.63, 3.8) is 0 Å². The molecular formula is C30H32N6O3. The van der Waals surface area contributed by atoms with Crippen LogP contribution < -0.4 is 5.56 Å². The second-order valence-electron chi connectivity index (χ2n) is 10.3. The number of aromatic amines is 1. The fourth-order valence-corrected chi connectivity index (χ4v) is 5.37. The van der Waals surface area contributed by atoms with Crippen molar-refractivity contribution in [3.8, 4) is 0 Å². The van der Waals surface area contributed by atoms with Crippen LogP contribution in [0, 0.1) is 13.8 Å². The van der Waals surface area contributed by atoms with Crippen LogP contribution in [0.25, 0.3) is 10.9 Å². The van der Waals surface area contributed by atoms with Crippen molar-refractivity contribution in [3.05, 3.63) is 111 Å². The van der Waals surface area contributed by atoms with Crippen molar-refractivity contribution in [1.82, 2.24) is 30.1 Å². The molecule has 6 rings (SSSR count). The summed E-state index contributed by atoms with van der Waals surface area (Å²) in [5, 5.41) is 13.9. The third-order valence-corrected chi connectivity index (χ3v) is 7.52. The van der Waals surface area contributed by atoms with E-state index in [-0.39, 0.29) is 11.7 Å². The number of nitrogens with zero attached hydrogens (tertiary/aromatic N) is 5. The Morgan fingerprint density at radius 2 is 1.92 bits per heavy atom. The Bertz CT molecular complexity index is 1600. The lowest BCUT2D eigenvalue weighted by Crippen LogP contribution is -2.35. The van der Waals surface area contributed by atoms with Crippen molar-refractivity contribution in [2.75, 3.05) is 6.61 Å². The van der Waals surface area contributed by atoms with Gasteiger partial charge in [-0.15, -0.1) is 5.10 Å². The maximum Gasteiger partial charge on any atom is 0.253 e. The maximum atomic E-state index is 13.8. The number of rotatable bonds is 9. The molecule has 0 bridgehead atoms. The zero-order chi connectivity index (χ0) is 26.8. The van der Waals surface area contributed by atoms with Gasteiger partial charge < -0.3 is 14.1 Å². The van der Waals surface area contributed by atoms with Crippen LogP contribution in [0.15, 0.2) is 76.1 Å². The standard InChI is InChI=1S/C30H32N6O3/c1-20-14-23-16-26(30(37)31-27(23)15-21(20)2)28(29-32-33-34-36(29)19-25-11-7-13-39-25)35(18-24-10-6-12-38-24)17-22-8-4-3-5-9-22/h3-6,8-10,12,14-16,25,28H,7,11,13,17-19H2,1-2H3,(H,31,37)/t25-,28+/m1/s1. The van der Waals surface area contributed by atoms with Gasteiger partial charge in [0.2, 0.25) is 0 Å². The quantitative estimate of drug-likeness (QED) is 0.298. The minimum Gasteiger partial charge on any atom is -0.468 e. The molecule has 0 spiro atoms. The predicted octanol–water partition coefficient (Wildman–Crippen LogP) is 4.70. The fourth-order valence-electron chi connectivity index (χ4n) is 5.37. The number of aromatic nitrogens is 5. The van der Waals surface area contributed by atoms with Gasteiger partial charge in [-0.3, -0.25) is 9.69 Å². The van der Waals surface area contributed by atoms with Gasteiger partial charge >= 0.3 is 0 Å². The van der Waals surface area contributed by atoms with Gasteiger partial charge in [0.05, 0.1) is 25.5 Å². The van der Waals surface area contributed by atoms with Crippen molar-refractivity contribution in [2.45, 2.75) is 58.5 Å². The molecule has 0 unspecified atom stereocenters. The molecule has 0 radical (unpaired) electrons. The van der Waals surface area contributed by atoms with Gasteiger partial charge in [0.25, 0.3) is 5.56 Å². The van der Waals surface area contributed by atoms with Crippen molar-refractivity contribution >= 4 is 10.9 Å². The first-order chi connectivity index (χ1) is 19.0. The van der Waals surface area contributed by atoms with E-state index in [9.17, 15) is 4.79 Å². The van der Waals surface area contributed by atoms with Gasteiger partial charge in [0.15, 0.2) is 5.82 Å². The number of hydrogen-bond donors (Lipinski definition) is 1. The number of pyridine rings is 1. The molecule has 1 aliphatic rings. The SMILES string of the molecule is Cc1cc2cc([C@@H](c3nnnn3C[C@H]3CCCO3)N(Cc3ccccc3)Cc3ccco3)c(=O)[nH]c2cc1C. The van der Waals surface area contributed by atoms with Gasteiger partial charge in [-0.1, -0.05) is 30.3 Å². The maximum absolute atomic E-state index is 13.8. The second kappa shape index (κ2) is 11.0. The Labute approximate surface area is 226 Å². The number of tetrazole rings is 1. The third kappa shape index (κ3) is 5.41. The summed E-state index contributed by atoms with van der Waals surface area (Å²) in [5.41, 5.74) is 4.63. The van der Waals surface area contributed by atoms with E-state index in [0.29, 0.717) is 31.0 Å². The highest BCUT2D eigenvalue weighted by molar-refractivity contribution is 5.81.